The van der Waals surface area contributed by atoms with Crippen LogP contribution in [0.2, 0.25) is 0 Å². The maximum atomic E-state index is 5.86. The summed E-state index contributed by atoms with van der Waals surface area (Å²) in [6.07, 6.45) is 2.20. The first-order valence-corrected chi connectivity index (χ1v) is 6.80. The molecule has 3 rings (SSSR count). The Hall–Kier alpha value is -1.14. The van der Waals surface area contributed by atoms with Gasteiger partial charge in [0.05, 0.1) is 0 Å². The Labute approximate surface area is 107 Å². The number of rotatable bonds is 2. The molecule has 1 aromatic heterocycles. The average Bonchev–Trinajstić information content (AvgIpc) is 2.90. The van der Waals surface area contributed by atoms with Gasteiger partial charge in [0.2, 0.25) is 5.89 Å². The third-order valence-corrected chi connectivity index (χ3v) is 3.89. The highest BCUT2D eigenvalue weighted by Crippen LogP contribution is 2.26. The molecule has 0 unspecified atom stereocenters. The van der Waals surface area contributed by atoms with Crippen molar-refractivity contribution in [1.82, 2.24) is 20.4 Å². The second kappa shape index (κ2) is 5.24. The van der Waals surface area contributed by atoms with Crippen LogP contribution in [0.25, 0.3) is 0 Å². The highest BCUT2D eigenvalue weighted by atomic mass is 16.4. The second-order valence-electron chi connectivity index (χ2n) is 5.24. The zero-order valence-electron chi connectivity index (χ0n) is 10.9. The van der Waals surface area contributed by atoms with Crippen LogP contribution in [0.5, 0.6) is 0 Å². The van der Waals surface area contributed by atoms with Gasteiger partial charge in [-0.3, -0.25) is 0 Å². The van der Waals surface area contributed by atoms with Crippen molar-refractivity contribution in [3.8, 4) is 0 Å². The Bertz CT molecular complexity index is 380. The molecule has 0 aliphatic carbocycles. The topological polar surface area (TPSA) is 57.4 Å². The highest BCUT2D eigenvalue weighted by molar-refractivity contribution is 5.25. The Kier molecular flexibility index (Phi) is 3.47. The number of piperidine rings is 1. The smallest absolute Gasteiger partial charge is 0.318 e. The van der Waals surface area contributed by atoms with E-state index in [1.165, 1.54) is 0 Å². The molecule has 0 aromatic carbocycles. The van der Waals surface area contributed by atoms with Gasteiger partial charge in [0.15, 0.2) is 0 Å². The van der Waals surface area contributed by atoms with E-state index < -0.39 is 0 Å². The van der Waals surface area contributed by atoms with Gasteiger partial charge in [-0.25, -0.2) is 0 Å². The normalized spacial score (nSPS) is 23.5. The van der Waals surface area contributed by atoms with Crippen LogP contribution >= 0.6 is 0 Å². The first-order valence-electron chi connectivity index (χ1n) is 6.80. The van der Waals surface area contributed by atoms with Crippen molar-refractivity contribution in [2.24, 2.45) is 0 Å². The van der Waals surface area contributed by atoms with E-state index in [2.05, 4.69) is 32.4 Å². The maximum Gasteiger partial charge on any atom is 0.318 e. The molecule has 2 fully saturated rings. The number of hydrogen-bond acceptors (Lipinski definition) is 6. The second-order valence-corrected chi connectivity index (χ2v) is 5.24. The van der Waals surface area contributed by atoms with E-state index in [9.17, 15) is 0 Å². The lowest BCUT2D eigenvalue weighted by atomic mass is 9.98. The Balaban J connectivity index is 1.65. The average molecular weight is 251 g/mol. The van der Waals surface area contributed by atoms with Crippen LogP contribution in [0.1, 0.15) is 24.7 Å². The third kappa shape index (κ3) is 2.49. The summed E-state index contributed by atoms with van der Waals surface area (Å²) >= 11 is 0. The summed E-state index contributed by atoms with van der Waals surface area (Å²) < 4.78 is 5.86. The fourth-order valence-corrected chi connectivity index (χ4v) is 2.59. The molecular formula is C12H21N5O. The van der Waals surface area contributed by atoms with Crippen molar-refractivity contribution in [1.29, 1.82) is 0 Å². The van der Waals surface area contributed by atoms with Crippen LogP contribution in [-0.2, 0) is 0 Å². The molecule has 6 heteroatoms. The number of piperazine rings is 1. The maximum absolute atomic E-state index is 5.86. The van der Waals surface area contributed by atoms with Gasteiger partial charge >= 0.3 is 6.01 Å². The quantitative estimate of drug-likeness (QED) is 0.815. The van der Waals surface area contributed by atoms with Crippen LogP contribution in [0.4, 0.5) is 6.01 Å². The molecule has 0 amide bonds. The summed E-state index contributed by atoms with van der Waals surface area (Å²) in [7, 11) is 2.14. The summed E-state index contributed by atoms with van der Waals surface area (Å²) in [6.45, 7) is 6.18. The highest BCUT2D eigenvalue weighted by Gasteiger charge is 2.24. The number of aromatic nitrogens is 2. The molecule has 1 aromatic rings. The first-order chi connectivity index (χ1) is 8.83. The molecular weight excluding hydrogens is 230 g/mol. The lowest BCUT2D eigenvalue weighted by Gasteiger charge is -2.30. The van der Waals surface area contributed by atoms with E-state index in [0.29, 0.717) is 11.9 Å². The van der Waals surface area contributed by atoms with Crippen LogP contribution in [0.15, 0.2) is 4.42 Å². The Morgan fingerprint density at radius 1 is 1.11 bits per heavy atom. The zero-order chi connectivity index (χ0) is 12.4. The predicted octanol–water partition coefficient (Wildman–Crippen LogP) is 0.288. The van der Waals surface area contributed by atoms with Crippen molar-refractivity contribution in [2.75, 3.05) is 51.2 Å². The summed E-state index contributed by atoms with van der Waals surface area (Å²) in [4.78, 5) is 4.51. The van der Waals surface area contributed by atoms with Gasteiger partial charge in [-0.15, -0.1) is 5.10 Å². The zero-order valence-corrected chi connectivity index (χ0v) is 10.9. The van der Waals surface area contributed by atoms with Gasteiger partial charge in [0.1, 0.15) is 0 Å². The molecule has 0 saturated carbocycles. The molecule has 2 saturated heterocycles. The monoisotopic (exact) mass is 251 g/mol. The molecule has 3 heterocycles. The minimum absolute atomic E-state index is 0.444. The molecule has 6 nitrogen and oxygen atoms in total. The molecule has 0 spiro atoms. The van der Waals surface area contributed by atoms with Crippen LogP contribution in [0, 0.1) is 0 Å². The lowest BCUT2D eigenvalue weighted by Crippen LogP contribution is -2.44. The SMILES string of the molecule is CN1CCN(c2nnc(C3CCNCC3)o2)CC1. The van der Waals surface area contributed by atoms with Crippen LogP contribution < -0.4 is 10.2 Å². The number of nitrogens with one attached hydrogen (secondary N) is 1. The molecule has 2 aliphatic heterocycles. The summed E-state index contributed by atoms with van der Waals surface area (Å²) in [6, 6.07) is 0.705. The minimum Gasteiger partial charge on any atom is -0.408 e. The number of likely N-dealkylation sites (N-methyl/N-ethyl adjacent to an activating group) is 1. The predicted molar refractivity (Wildman–Crippen MR) is 68.9 cm³/mol. The fourth-order valence-electron chi connectivity index (χ4n) is 2.59. The number of nitrogens with zero attached hydrogens (tertiary/aromatic N) is 4. The van der Waals surface area contributed by atoms with E-state index in [4.69, 9.17) is 4.42 Å². The van der Waals surface area contributed by atoms with Crippen LogP contribution in [-0.4, -0.2) is 61.4 Å². The van der Waals surface area contributed by atoms with Gasteiger partial charge in [-0.05, 0) is 33.0 Å². The molecule has 0 bridgehead atoms. The standard InChI is InChI=1S/C12H21N5O/c1-16-6-8-17(9-7-16)12-15-14-11(18-12)10-2-4-13-5-3-10/h10,13H,2-9H2,1H3. The van der Waals surface area contributed by atoms with Gasteiger partial charge in [-0.1, -0.05) is 5.10 Å². The van der Waals surface area contributed by atoms with E-state index >= 15 is 0 Å². The van der Waals surface area contributed by atoms with Crippen molar-refractivity contribution >= 4 is 6.01 Å². The Morgan fingerprint density at radius 2 is 1.83 bits per heavy atom. The minimum atomic E-state index is 0.444. The van der Waals surface area contributed by atoms with Gasteiger partial charge in [0.25, 0.3) is 0 Å². The van der Waals surface area contributed by atoms with Crippen LogP contribution in [0.3, 0.4) is 0 Å². The fraction of sp³-hybridized carbons (Fsp3) is 0.833. The lowest BCUT2D eigenvalue weighted by molar-refractivity contribution is 0.301. The van der Waals surface area contributed by atoms with E-state index in [0.717, 1.165) is 58.0 Å². The molecule has 0 atom stereocenters. The van der Waals surface area contributed by atoms with E-state index in [1.807, 2.05) is 0 Å². The molecule has 0 radical (unpaired) electrons. The van der Waals surface area contributed by atoms with Gasteiger partial charge in [0, 0.05) is 32.1 Å². The third-order valence-electron chi connectivity index (χ3n) is 3.89. The van der Waals surface area contributed by atoms with Crippen molar-refractivity contribution < 1.29 is 4.42 Å². The first kappa shape index (κ1) is 11.9. The largest absolute Gasteiger partial charge is 0.408 e. The number of hydrogen-bond donors (Lipinski definition) is 1. The Morgan fingerprint density at radius 3 is 2.56 bits per heavy atom. The number of anilines is 1. The van der Waals surface area contributed by atoms with Crippen molar-refractivity contribution in [3.05, 3.63) is 5.89 Å². The van der Waals surface area contributed by atoms with E-state index in [-0.39, 0.29) is 0 Å². The summed E-state index contributed by atoms with van der Waals surface area (Å²) in [5.74, 6) is 1.27. The van der Waals surface area contributed by atoms with Gasteiger partial charge in [-0.2, -0.15) is 0 Å². The molecule has 100 valence electrons. The van der Waals surface area contributed by atoms with Gasteiger partial charge < -0.3 is 19.5 Å². The molecule has 1 N–H and O–H groups in total. The van der Waals surface area contributed by atoms with Crippen molar-refractivity contribution in [2.45, 2.75) is 18.8 Å². The van der Waals surface area contributed by atoms with E-state index in [1.54, 1.807) is 0 Å². The molecule has 2 aliphatic rings. The summed E-state index contributed by atoms with van der Waals surface area (Å²) in [5.41, 5.74) is 0. The molecule has 18 heavy (non-hydrogen) atoms. The van der Waals surface area contributed by atoms with Crippen molar-refractivity contribution in [3.63, 3.8) is 0 Å². The summed E-state index contributed by atoms with van der Waals surface area (Å²) in [5, 5.41) is 11.8.